The quantitative estimate of drug-likeness (QED) is 0.910. The summed E-state index contributed by atoms with van der Waals surface area (Å²) < 4.78 is 5.03. The summed E-state index contributed by atoms with van der Waals surface area (Å²) >= 11 is 0. The first-order valence-corrected chi connectivity index (χ1v) is 6.16. The SMILES string of the molecule is Cc1ccc(CNC(=O)Cc2c(C)noc2C)cn1. The molecule has 0 atom stereocenters. The molecule has 2 heterocycles. The minimum atomic E-state index is -0.0463. The largest absolute Gasteiger partial charge is 0.361 e. The summed E-state index contributed by atoms with van der Waals surface area (Å²) in [4.78, 5) is 16.0. The Morgan fingerprint density at radius 2 is 2.11 bits per heavy atom. The molecule has 2 aromatic heterocycles. The fraction of sp³-hybridized carbons (Fsp3) is 0.357. The van der Waals surface area contributed by atoms with E-state index < -0.39 is 0 Å². The maximum Gasteiger partial charge on any atom is 0.224 e. The number of nitrogens with one attached hydrogen (secondary N) is 1. The maximum absolute atomic E-state index is 11.9. The van der Waals surface area contributed by atoms with E-state index in [1.165, 1.54) is 0 Å². The van der Waals surface area contributed by atoms with Crippen molar-refractivity contribution < 1.29 is 9.32 Å². The van der Waals surface area contributed by atoms with Crippen LogP contribution in [0.25, 0.3) is 0 Å². The van der Waals surface area contributed by atoms with Crippen LogP contribution >= 0.6 is 0 Å². The highest BCUT2D eigenvalue weighted by molar-refractivity contribution is 5.78. The molecule has 2 rings (SSSR count). The van der Waals surface area contributed by atoms with Gasteiger partial charge in [0.25, 0.3) is 0 Å². The molecular formula is C14H17N3O2. The van der Waals surface area contributed by atoms with Gasteiger partial charge in [-0.2, -0.15) is 0 Å². The topological polar surface area (TPSA) is 68.0 Å². The molecule has 5 nitrogen and oxygen atoms in total. The van der Waals surface area contributed by atoms with Gasteiger partial charge in [-0.1, -0.05) is 11.2 Å². The summed E-state index contributed by atoms with van der Waals surface area (Å²) in [5, 5.41) is 6.69. The van der Waals surface area contributed by atoms with Gasteiger partial charge in [0.15, 0.2) is 0 Å². The lowest BCUT2D eigenvalue weighted by molar-refractivity contribution is -0.120. The van der Waals surface area contributed by atoms with Crippen LogP contribution in [-0.4, -0.2) is 16.0 Å². The summed E-state index contributed by atoms with van der Waals surface area (Å²) in [5.41, 5.74) is 3.58. The zero-order chi connectivity index (χ0) is 13.8. The van der Waals surface area contributed by atoms with Crippen LogP contribution in [0.3, 0.4) is 0 Å². The molecule has 0 bridgehead atoms. The molecule has 0 aliphatic heterocycles. The Hall–Kier alpha value is -2.17. The van der Waals surface area contributed by atoms with Gasteiger partial charge >= 0.3 is 0 Å². The van der Waals surface area contributed by atoms with Crippen LogP contribution in [0.2, 0.25) is 0 Å². The molecular weight excluding hydrogens is 242 g/mol. The van der Waals surface area contributed by atoms with E-state index in [-0.39, 0.29) is 5.91 Å². The third kappa shape index (κ3) is 3.40. The molecule has 1 N–H and O–H groups in total. The van der Waals surface area contributed by atoms with Gasteiger partial charge in [0.05, 0.1) is 12.1 Å². The van der Waals surface area contributed by atoms with Crippen molar-refractivity contribution in [3.8, 4) is 0 Å². The molecule has 0 unspecified atom stereocenters. The number of amides is 1. The molecule has 0 spiro atoms. The van der Waals surface area contributed by atoms with Crippen molar-refractivity contribution >= 4 is 5.91 Å². The van der Waals surface area contributed by atoms with Crippen LogP contribution in [0.15, 0.2) is 22.9 Å². The lowest BCUT2D eigenvalue weighted by Crippen LogP contribution is -2.25. The Balaban J connectivity index is 1.90. The van der Waals surface area contributed by atoms with Gasteiger partial charge in [-0.25, -0.2) is 0 Å². The second-order valence-electron chi connectivity index (χ2n) is 4.56. The van der Waals surface area contributed by atoms with Crippen molar-refractivity contribution in [2.24, 2.45) is 0 Å². The molecule has 100 valence electrons. The number of aromatic nitrogens is 2. The van der Waals surface area contributed by atoms with Crippen molar-refractivity contribution in [1.29, 1.82) is 0 Å². The molecule has 0 saturated heterocycles. The van der Waals surface area contributed by atoms with Crippen LogP contribution in [0, 0.1) is 20.8 Å². The molecule has 2 aromatic rings. The molecule has 5 heteroatoms. The average molecular weight is 259 g/mol. The number of pyridine rings is 1. The number of aryl methyl sites for hydroxylation is 3. The van der Waals surface area contributed by atoms with Crippen LogP contribution in [0.5, 0.6) is 0 Å². The Kier molecular flexibility index (Phi) is 3.94. The van der Waals surface area contributed by atoms with E-state index in [2.05, 4.69) is 15.5 Å². The molecule has 0 saturated carbocycles. The Bertz CT molecular complexity index is 553. The summed E-state index contributed by atoms with van der Waals surface area (Å²) in [6, 6.07) is 3.88. The molecule has 0 aliphatic carbocycles. The molecule has 0 aliphatic rings. The van der Waals surface area contributed by atoms with Crippen LogP contribution in [0.4, 0.5) is 0 Å². The van der Waals surface area contributed by atoms with Crippen molar-refractivity contribution in [3.63, 3.8) is 0 Å². The van der Waals surface area contributed by atoms with E-state index in [0.717, 1.165) is 22.5 Å². The minimum absolute atomic E-state index is 0.0463. The van der Waals surface area contributed by atoms with Crippen molar-refractivity contribution in [1.82, 2.24) is 15.5 Å². The van der Waals surface area contributed by atoms with E-state index in [9.17, 15) is 4.79 Å². The van der Waals surface area contributed by atoms with Crippen LogP contribution in [0.1, 0.15) is 28.3 Å². The van der Waals surface area contributed by atoms with Gasteiger partial charge in [-0.3, -0.25) is 9.78 Å². The van der Waals surface area contributed by atoms with E-state index in [1.54, 1.807) is 6.20 Å². The molecule has 0 fully saturated rings. The lowest BCUT2D eigenvalue weighted by Gasteiger charge is -2.05. The number of hydrogen-bond donors (Lipinski definition) is 1. The second-order valence-corrected chi connectivity index (χ2v) is 4.56. The third-order valence-electron chi connectivity index (χ3n) is 2.98. The molecule has 0 radical (unpaired) electrons. The Morgan fingerprint density at radius 1 is 1.32 bits per heavy atom. The average Bonchev–Trinajstić information content (AvgIpc) is 2.70. The number of nitrogens with zero attached hydrogens (tertiary/aromatic N) is 2. The Labute approximate surface area is 112 Å². The normalized spacial score (nSPS) is 10.5. The van der Waals surface area contributed by atoms with Gasteiger partial charge < -0.3 is 9.84 Å². The number of hydrogen-bond acceptors (Lipinski definition) is 4. The predicted molar refractivity (Wildman–Crippen MR) is 70.5 cm³/mol. The van der Waals surface area contributed by atoms with E-state index in [1.807, 2.05) is 32.9 Å². The summed E-state index contributed by atoms with van der Waals surface area (Å²) in [6.07, 6.45) is 2.06. The predicted octanol–water partition coefficient (Wildman–Crippen LogP) is 1.85. The minimum Gasteiger partial charge on any atom is -0.361 e. The molecule has 0 aromatic carbocycles. The van der Waals surface area contributed by atoms with E-state index >= 15 is 0 Å². The zero-order valence-corrected chi connectivity index (χ0v) is 11.4. The molecule has 1 amide bonds. The lowest BCUT2D eigenvalue weighted by atomic mass is 10.1. The van der Waals surface area contributed by atoms with Gasteiger partial charge in [0.1, 0.15) is 5.76 Å². The highest BCUT2D eigenvalue weighted by Gasteiger charge is 2.13. The standard InChI is InChI=1S/C14H17N3O2/c1-9-4-5-12(7-15-9)8-16-14(18)6-13-10(2)17-19-11(13)3/h4-5,7H,6,8H2,1-3H3,(H,16,18). The summed E-state index contributed by atoms with van der Waals surface area (Å²) in [6.45, 7) is 6.06. The van der Waals surface area contributed by atoms with E-state index in [0.29, 0.717) is 18.7 Å². The smallest absolute Gasteiger partial charge is 0.224 e. The number of carbonyl (C=O) groups is 1. The third-order valence-corrected chi connectivity index (χ3v) is 2.98. The second kappa shape index (κ2) is 5.65. The first-order chi connectivity index (χ1) is 9.06. The Morgan fingerprint density at radius 3 is 2.68 bits per heavy atom. The fourth-order valence-electron chi connectivity index (χ4n) is 1.78. The first kappa shape index (κ1) is 13.3. The van der Waals surface area contributed by atoms with Gasteiger partial charge in [0.2, 0.25) is 5.91 Å². The maximum atomic E-state index is 11.9. The number of carbonyl (C=O) groups excluding carboxylic acids is 1. The van der Waals surface area contributed by atoms with Gasteiger partial charge in [-0.15, -0.1) is 0 Å². The van der Waals surface area contributed by atoms with Crippen molar-refractivity contribution in [2.45, 2.75) is 33.7 Å². The van der Waals surface area contributed by atoms with Crippen molar-refractivity contribution in [3.05, 3.63) is 46.6 Å². The van der Waals surface area contributed by atoms with Gasteiger partial charge in [-0.05, 0) is 32.4 Å². The first-order valence-electron chi connectivity index (χ1n) is 6.16. The summed E-state index contributed by atoms with van der Waals surface area (Å²) in [5.74, 6) is 0.652. The highest BCUT2D eigenvalue weighted by atomic mass is 16.5. The van der Waals surface area contributed by atoms with Gasteiger partial charge in [0, 0.05) is 24.0 Å². The zero-order valence-electron chi connectivity index (χ0n) is 11.4. The van der Waals surface area contributed by atoms with Crippen LogP contribution < -0.4 is 5.32 Å². The van der Waals surface area contributed by atoms with Crippen LogP contribution in [-0.2, 0) is 17.8 Å². The van der Waals surface area contributed by atoms with E-state index in [4.69, 9.17) is 4.52 Å². The number of rotatable bonds is 4. The van der Waals surface area contributed by atoms with Crippen molar-refractivity contribution in [2.75, 3.05) is 0 Å². The summed E-state index contributed by atoms with van der Waals surface area (Å²) in [7, 11) is 0. The monoisotopic (exact) mass is 259 g/mol. The molecule has 19 heavy (non-hydrogen) atoms. The fourth-order valence-corrected chi connectivity index (χ4v) is 1.78. The highest BCUT2D eigenvalue weighted by Crippen LogP contribution is 2.12.